The van der Waals surface area contributed by atoms with Crippen LogP contribution in [0, 0.1) is 0 Å². The van der Waals surface area contributed by atoms with E-state index in [1.165, 1.54) is 18.4 Å². The van der Waals surface area contributed by atoms with Crippen LogP contribution >= 0.6 is 0 Å². The molecule has 2 rings (SSSR count). The molecule has 0 aliphatic rings. The summed E-state index contributed by atoms with van der Waals surface area (Å²) in [5.41, 5.74) is 6.29. The van der Waals surface area contributed by atoms with Gasteiger partial charge in [0.2, 0.25) is 10.0 Å². The summed E-state index contributed by atoms with van der Waals surface area (Å²) in [6.45, 7) is 0.418. The molecule has 0 spiro atoms. The minimum Gasteiger partial charge on any atom is -0.381 e. The lowest BCUT2D eigenvalue weighted by atomic mass is 10.2. The number of benzene rings is 1. The van der Waals surface area contributed by atoms with Crippen LogP contribution in [0.25, 0.3) is 0 Å². The van der Waals surface area contributed by atoms with E-state index in [2.05, 4.69) is 10.3 Å². The smallest absolute Gasteiger partial charge is 0.242 e. The third kappa shape index (κ3) is 2.91. The van der Waals surface area contributed by atoms with Crippen LogP contribution in [-0.4, -0.2) is 41.8 Å². The van der Waals surface area contributed by atoms with Crippen LogP contribution in [0.3, 0.4) is 0 Å². The summed E-state index contributed by atoms with van der Waals surface area (Å²) in [7, 11) is -0.423. The Hall–Kier alpha value is -1.93. The first-order valence-electron chi connectivity index (χ1n) is 5.56. The number of nitrogen functional groups attached to an aromatic ring is 1. The topological polar surface area (TPSA) is 94.1 Å². The molecule has 0 aliphatic heterocycles. The van der Waals surface area contributed by atoms with Crippen LogP contribution in [-0.2, 0) is 16.6 Å². The highest BCUT2D eigenvalue weighted by Crippen LogP contribution is 2.15. The van der Waals surface area contributed by atoms with E-state index >= 15 is 0 Å². The molecular formula is C11H15N5O2S. The summed E-state index contributed by atoms with van der Waals surface area (Å²) < 4.78 is 26.8. The molecule has 0 radical (unpaired) electrons. The van der Waals surface area contributed by atoms with Gasteiger partial charge in [-0.25, -0.2) is 17.4 Å². The van der Waals surface area contributed by atoms with Crippen LogP contribution in [0.5, 0.6) is 0 Å². The predicted molar refractivity (Wildman–Crippen MR) is 70.9 cm³/mol. The monoisotopic (exact) mass is 281 g/mol. The van der Waals surface area contributed by atoms with Crippen molar-refractivity contribution < 1.29 is 8.42 Å². The van der Waals surface area contributed by atoms with Crippen LogP contribution in [0.15, 0.2) is 35.4 Å². The number of aromatic nitrogens is 3. The minimum atomic E-state index is -3.42. The van der Waals surface area contributed by atoms with E-state index in [4.69, 9.17) is 5.73 Å². The summed E-state index contributed by atoms with van der Waals surface area (Å²) in [4.78, 5) is 0.253. The maximum Gasteiger partial charge on any atom is 0.242 e. The Morgan fingerprint density at radius 2 is 2.11 bits per heavy atom. The van der Waals surface area contributed by atoms with Crippen molar-refractivity contribution in [3.8, 4) is 0 Å². The third-order valence-electron chi connectivity index (χ3n) is 2.58. The van der Waals surface area contributed by atoms with Crippen molar-refractivity contribution in [2.45, 2.75) is 11.4 Å². The summed E-state index contributed by atoms with van der Waals surface area (Å²) >= 11 is 0. The highest BCUT2D eigenvalue weighted by Gasteiger charge is 2.17. The number of nitrogens with zero attached hydrogens (tertiary/aromatic N) is 4. The molecule has 0 atom stereocenters. The second kappa shape index (κ2) is 4.98. The Morgan fingerprint density at radius 3 is 2.68 bits per heavy atom. The number of sulfonamides is 1. The Balaban J connectivity index is 2.30. The Morgan fingerprint density at radius 1 is 1.37 bits per heavy atom. The van der Waals surface area contributed by atoms with Crippen molar-refractivity contribution in [3.05, 3.63) is 36.0 Å². The van der Waals surface area contributed by atoms with Gasteiger partial charge in [0, 0.05) is 14.1 Å². The van der Waals surface area contributed by atoms with Gasteiger partial charge in [-0.15, -0.1) is 5.10 Å². The lowest BCUT2D eigenvalue weighted by molar-refractivity contribution is 0.520. The fourth-order valence-electron chi connectivity index (χ4n) is 1.59. The maximum atomic E-state index is 12.0. The van der Waals surface area contributed by atoms with Crippen LogP contribution in [0.2, 0.25) is 0 Å². The zero-order chi connectivity index (χ0) is 14.0. The van der Waals surface area contributed by atoms with Crippen molar-refractivity contribution >= 4 is 15.8 Å². The molecule has 1 heterocycles. The van der Waals surface area contributed by atoms with Gasteiger partial charge in [-0.2, -0.15) is 0 Å². The van der Waals surface area contributed by atoms with Gasteiger partial charge in [-0.1, -0.05) is 17.3 Å². The van der Waals surface area contributed by atoms with E-state index in [0.29, 0.717) is 12.4 Å². The highest BCUT2D eigenvalue weighted by atomic mass is 32.2. The van der Waals surface area contributed by atoms with E-state index < -0.39 is 10.0 Å². The molecular weight excluding hydrogens is 266 g/mol. The van der Waals surface area contributed by atoms with E-state index in [1.54, 1.807) is 29.1 Å². The molecule has 0 aliphatic carbocycles. The second-order valence-electron chi connectivity index (χ2n) is 4.28. The maximum absolute atomic E-state index is 12.0. The van der Waals surface area contributed by atoms with Crippen molar-refractivity contribution in [2.24, 2.45) is 0 Å². The molecule has 2 N–H and O–H groups in total. The lowest BCUT2D eigenvalue weighted by Gasteiger charge is -2.12. The van der Waals surface area contributed by atoms with Crippen molar-refractivity contribution in [1.82, 2.24) is 19.3 Å². The van der Waals surface area contributed by atoms with Gasteiger partial charge in [-0.05, 0) is 17.7 Å². The molecule has 1 aromatic carbocycles. The quantitative estimate of drug-likeness (QED) is 0.861. The molecule has 2 aromatic rings. The second-order valence-corrected chi connectivity index (χ2v) is 6.43. The number of hydrogen-bond donors (Lipinski definition) is 1. The van der Waals surface area contributed by atoms with Gasteiger partial charge in [0.1, 0.15) is 0 Å². The average molecular weight is 281 g/mol. The fourth-order valence-corrected chi connectivity index (χ4v) is 2.57. The van der Waals surface area contributed by atoms with E-state index in [-0.39, 0.29) is 4.90 Å². The Kier molecular flexibility index (Phi) is 3.54. The summed E-state index contributed by atoms with van der Waals surface area (Å²) in [6.07, 6.45) is 1.59. The number of rotatable bonds is 4. The van der Waals surface area contributed by atoms with Crippen LogP contribution in [0.1, 0.15) is 5.56 Å². The van der Waals surface area contributed by atoms with Gasteiger partial charge >= 0.3 is 0 Å². The van der Waals surface area contributed by atoms with Gasteiger partial charge in [0.25, 0.3) is 0 Å². The first-order valence-corrected chi connectivity index (χ1v) is 7.00. The Bertz CT molecular complexity index is 678. The summed E-state index contributed by atoms with van der Waals surface area (Å²) in [5.74, 6) is 0.331. The fraction of sp³-hybridized carbons (Fsp3) is 0.273. The Labute approximate surface area is 111 Å². The lowest BCUT2D eigenvalue weighted by Crippen LogP contribution is -2.22. The van der Waals surface area contributed by atoms with Crippen molar-refractivity contribution in [1.29, 1.82) is 0 Å². The summed E-state index contributed by atoms with van der Waals surface area (Å²) in [5, 5.41) is 7.50. The standard InChI is InChI=1S/C11H15N5O2S/c1-15(2)19(17,18)10-5-3-4-9(6-10)7-16-8-11(12)13-14-16/h3-6,8H,7,12H2,1-2H3. The zero-order valence-corrected chi connectivity index (χ0v) is 11.5. The average Bonchev–Trinajstić information content (AvgIpc) is 2.75. The highest BCUT2D eigenvalue weighted by molar-refractivity contribution is 7.89. The minimum absolute atomic E-state index is 0.253. The summed E-state index contributed by atoms with van der Waals surface area (Å²) in [6, 6.07) is 6.71. The molecule has 0 fully saturated rings. The zero-order valence-electron chi connectivity index (χ0n) is 10.7. The van der Waals surface area contributed by atoms with Crippen LogP contribution < -0.4 is 5.73 Å². The molecule has 0 saturated carbocycles. The molecule has 0 saturated heterocycles. The van der Waals surface area contributed by atoms with Crippen molar-refractivity contribution in [3.63, 3.8) is 0 Å². The van der Waals surface area contributed by atoms with E-state index in [0.717, 1.165) is 5.56 Å². The SMILES string of the molecule is CN(C)S(=O)(=O)c1cccc(Cn2cc(N)nn2)c1. The molecule has 8 heteroatoms. The third-order valence-corrected chi connectivity index (χ3v) is 4.39. The normalized spacial score (nSPS) is 11.9. The number of nitrogens with two attached hydrogens (primary N) is 1. The van der Waals surface area contributed by atoms with Crippen LogP contribution in [0.4, 0.5) is 5.82 Å². The van der Waals surface area contributed by atoms with E-state index in [1.807, 2.05) is 6.07 Å². The molecule has 1 aromatic heterocycles. The van der Waals surface area contributed by atoms with Crippen molar-refractivity contribution in [2.75, 3.05) is 19.8 Å². The molecule has 102 valence electrons. The number of hydrogen-bond acceptors (Lipinski definition) is 5. The van der Waals surface area contributed by atoms with E-state index in [9.17, 15) is 8.42 Å². The van der Waals surface area contributed by atoms with Gasteiger partial charge in [0.05, 0.1) is 17.6 Å². The number of anilines is 1. The van der Waals surface area contributed by atoms with Gasteiger partial charge in [0.15, 0.2) is 5.82 Å². The molecule has 0 bridgehead atoms. The largest absolute Gasteiger partial charge is 0.381 e. The molecule has 7 nitrogen and oxygen atoms in total. The predicted octanol–water partition coefficient (Wildman–Crippen LogP) is 0.159. The first kappa shape index (κ1) is 13.5. The molecule has 0 amide bonds. The van der Waals surface area contributed by atoms with Gasteiger partial charge in [-0.3, -0.25) is 0 Å². The van der Waals surface area contributed by atoms with Gasteiger partial charge < -0.3 is 5.73 Å². The molecule has 19 heavy (non-hydrogen) atoms. The molecule has 0 unspecified atom stereocenters. The first-order chi connectivity index (χ1) is 8.89.